The SMILES string of the molecule is Cc1cc(-c2nc(Cl)cs2)c(F)cc1F. The summed E-state index contributed by atoms with van der Waals surface area (Å²) in [4.78, 5) is 3.93. The molecule has 0 unspecified atom stereocenters. The van der Waals surface area contributed by atoms with Crippen LogP contribution in [0.1, 0.15) is 5.56 Å². The third kappa shape index (κ3) is 2.01. The highest BCUT2D eigenvalue weighted by Gasteiger charge is 2.12. The number of rotatable bonds is 1. The van der Waals surface area contributed by atoms with E-state index in [0.717, 1.165) is 6.07 Å². The van der Waals surface area contributed by atoms with Crippen molar-refractivity contribution in [2.75, 3.05) is 0 Å². The van der Waals surface area contributed by atoms with Crippen LogP contribution < -0.4 is 0 Å². The summed E-state index contributed by atoms with van der Waals surface area (Å²) in [6, 6.07) is 2.29. The van der Waals surface area contributed by atoms with Gasteiger partial charge in [0.2, 0.25) is 0 Å². The van der Waals surface area contributed by atoms with Gasteiger partial charge in [-0.05, 0) is 18.6 Å². The van der Waals surface area contributed by atoms with E-state index in [4.69, 9.17) is 11.6 Å². The van der Waals surface area contributed by atoms with Gasteiger partial charge in [0.1, 0.15) is 21.8 Å². The monoisotopic (exact) mass is 245 g/mol. The molecule has 0 aliphatic rings. The zero-order valence-electron chi connectivity index (χ0n) is 7.72. The molecular weight excluding hydrogens is 240 g/mol. The number of aromatic nitrogens is 1. The molecule has 1 nitrogen and oxygen atoms in total. The number of benzene rings is 1. The molecule has 78 valence electrons. The van der Waals surface area contributed by atoms with Gasteiger partial charge in [-0.2, -0.15) is 0 Å². The molecule has 0 N–H and O–H groups in total. The molecule has 2 rings (SSSR count). The lowest BCUT2D eigenvalue weighted by Crippen LogP contribution is -1.89. The maximum Gasteiger partial charge on any atom is 0.140 e. The molecule has 2 aromatic rings. The van der Waals surface area contributed by atoms with Crippen LogP contribution in [0.3, 0.4) is 0 Å². The second kappa shape index (κ2) is 3.87. The van der Waals surface area contributed by atoms with Gasteiger partial charge in [-0.3, -0.25) is 0 Å². The zero-order valence-corrected chi connectivity index (χ0v) is 9.29. The van der Waals surface area contributed by atoms with E-state index in [2.05, 4.69) is 4.98 Å². The lowest BCUT2D eigenvalue weighted by atomic mass is 10.1. The topological polar surface area (TPSA) is 12.9 Å². The van der Waals surface area contributed by atoms with Gasteiger partial charge < -0.3 is 0 Å². The minimum absolute atomic E-state index is 0.283. The fourth-order valence-corrected chi connectivity index (χ4v) is 2.16. The van der Waals surface area contributed by atoms with Gasteiger partial charge in [-0.1, -0.05) is 11.6 Å². The molecule has 0 amide bonds. The highest BCUT2D eigenvalue weighted by molar-refractivity contribution is 7.13. The normalized spacial score (nSPS) is 10.7. The van der Waals surface area contributed by atoms with Crippen LogP contribution in [-0.4, -0.2) is 4.98 Å². The van der Waals surface area contributed by atoms with Crippen molar-refractivity contribution in [1.82, 2.24) is 4.98 Å². The first-order valence-electron chi connectivity index (χ1n) is 4.15. The van der Waals surface area contributed by atoms with Crippen LogP contribution in [0.2, 0.25) is 5.15 Å². The van der Waals surface area contributed by atoms with Crippen LogP contribution in [0, 0.1) is 18.6 Å². The first-order chi connectivity index (χ1) is 7.08. The molecule has 0 bridgehead atoms. The predicted molar refractivity (Wildman–Crippen MR) is 57.2 cm³/mol. The Labute approximate surface area is 94.3 Å². The van der Waals surface area contributed by atoms with Gasteiger partial charge in [0.25, 0.3) is 0 Å². The van der Waals surface area contributed by atoms with Crippen molar-refractivity contribution in [2.24, 2.45) is 0 Å². The van der Waals surface area contributed by atoms with Gasteiger partial charge in [0.15, 0.2) is 0 Å². The molecule has 0 aliphatic carbocycles. The Hall–Kier alpha value is -1.00. The van der Waals surface area contributed by atoms with E-state index in [1.807, 2.05) is 0 Å². The molecule has 5 heteroatoms. The number of hydrogen-bond donors (Lipinski definition) is 0. The summed E-state index contributed by atoms with van der Waals surface area (Å²) >= 11 is 6.86. The van der Waals surface area contributed by atoms with E-state index >= 15 is 0 Å². The molecular formula is C10H6ClF2NS. The molecule has 15 heavy (non-hydrogen) atoms. The molecule has 0 saturated carbocycles. The Kier molecular flexibility index (Phi) is 2.71. The average Bonchev–Trinajstić information content (AvgIpc) is 2.58. The fourth-order valence-electron chi connectivity index (χ4n) is 1.20. The predicted octanol–water partition coefficient (Wildman–Crippen LogP) is 4.05. The van der Waals surface area contributed by atoms with Crippen LogP contribution in [0.15, 0.2) is 17.5 Å². The second-order valence-corrected chi connectivity index (χ2v) is 4.30. The van der Waals surface area contributed by atoms with Gasteiger partial charge in [-0.15, -0.1) is 11.3 Å². The lowest BCUT2D eigenvalue weighted by molar-refractivity contribution is 0.579. The number of halogens is 3. The van der Waals surface area contributed by atoms with Crippen LogP contribution >= 0.6 is 22.9 Å². The van der Waals surface area contributed by atoms with E-state index in [1.54, 1.807) is 12.3 Å². The van der Waals surface area contributed by atoms with Crippen molar-refractivity contribution in [1.29, 1.82) is 0 Å². The highest BCUT2D eigenvalue weighted by atomic mass is 35.5. The van der Waals surface area contributed by atoms with Crippen LogP contribution in [0.4, 0.5) is 8.78 Å². The summed E-state index contributed by atoms with van der Waals surface area (Å²) in [6.45, 7) is 1.58. The molecule has 1 aromatic carbocycles. The van der Waals surface area contributed by atoms with Gasteiger partial charge >= 0.3 is 0 Å². The number of nitrogens with zero attached hydrogens (tertiary/aromatic N) is 1. The number of hydrogen-bond acceptors (Lipinski definition) is 2. The standard InChI is InChI=1S/C10H6ClF2NS/c1-5-2-6(8(13)3-7(5)12)10-14-9(11)4-15-10/h2-4H,1H3. The Morgan fingerprint density at radius 3 is 2.60 bits per heavy atom. The number of aryl methyl sites for hydroxylation is 1. The summed E-state index contributed by atoms with van der Waals surface area (Å²) < 4.78 is 26.4. The second-order valence-electron chi connectivity index (χ2n) is 3.06. The van der Waals surface area contributed by atoms with Crippen molar-refractivity contribution < 1.29 is 8.78 Å². The first kappa shape index (κ1) is 10.5. The maximum atomic E-state index is 13.4. The van der Waals surface area contributed by atoms with Crippen LogP contribution in [0.5, 0.6) is 0 Å². The van der Waals surface area contributed by atoms with E-state index in [9.17, 15) is 8.78 Å². The quantitative estimate of drug-likeness (QED) is 0.739. The van der Waals surface area contributed by atoms with Crippen molar-refractivity contribution in [3.05, 3.63) is 39.9 Å². The summed E-state index contributed by atoms with van der Waals surface area (Å²) in [5.41, 5.74) is 0.670. The van der Waals surface area contributed by atoms with Crippen molar-refractivity contribution in [3.8, 4) is 10.6 Å². The Bertz CT molecular complexity index is 510. The fraction of sp³-hybridized carbons (Fsp3) is 0.100. The molecule has 0 spiro atoms. The van der Waals surface area contributed by atoms with Crippen LogP contribution in [0.25, 0.3) is 10.6 Å². The largest absolute Gasteiger partial charge is 0.224 e. The first-order valence-corrected chi connectivity index (χ1v) is 5.40. The molecule has 0 aliphatic heterocycles. The van der Waals surface area contributed by atoms with Crippen molar-refractivity contribution in [2.45, 2.75) is 6.92 Å². The molecule has 1 heterocycles. The Morgan fingerprint density at radius 2 is 2.00 bits per heavy atom. The summed E-state index contributed by atoms with van der Waals surface area (Å²) in [6.07, 6.45) is 0. The molecule has 1 aromatic heterocycles. The van der Waals surface area contributed by atoms with E-state index in [1.165, 1.54) is 17.4 Å². The molecule has 0 atom stereocenters. The lowest BCUT2D eigenvalue weighted by Gasteiger charge is -2.02. The number of thiazole rings is 1. The minimum atomic E-state index is -0.621. The minimum Gasteiger partial charge on any atom is -0.224 e. The average molecular weight is 246 g/mol. The van der Waals surface area contributed by atoms with Gasteiger partial charge in [0.05, 0.1) is 0 Å². The van der Waals surface area contributed by atoms with Gasteiger partial charge in [-0.25, -0.2) is 13.8 Å². The zero-order chi connectivity index (χ0) is 11.0. The summed E-state index contributed by atoms with van der Waals surface area (Å²) in [5, 5.41) is 2.38. The third-order valence-corrected chi connectivity index (χ3v) is 3.15. The van der Waals surface area contributed by atoms with Gasteiger partial charge in [0, 0.05) is 17.0 Å². The Balaban J connectivity index is 2.58. The summed E-state index contributed by atoms with van der Waals surface area (Å²) in [5.74, 6) is -1.18. The molecule has 0 saturated heterocycles. The third-order valence-electron chi connectivity index (χ3n) is 1.95. The van der Waals surface area contributed by atoms with E-state index < -0.39 is 11.6 Å². The van der Waals surface area contributed by atoms with E-state index in [-0.39, 0.29) is 5.56 Å². The maximum absolute atomic E-state index is 13.4. The smallest absolute Gasteiger partial charge is 0.140 e. The van der Waals surface area contributed by atoms with E-state index in [0.29, 0.717) is 15.7 Å². The highest BCUT2D eigenvalue weighted by Crippen LogP contribution is 2.29. The van der Waals surface area contributed by atoms with Crippen LogP contribution in [-0.2, 0) is 0 Å². The molecule has 0 radical (unpaired) electrons. The van der Waals surface area contributed by atoms with Crippen molar-refractivity contribution >= 4 is 22.9 Å². The van der Waals surface area contributed by atoms with Crippen molar-refractivity contribution in [3.63, 3.8) is 0 Å². The summed E-state index contributed by atoms with van der Waals surface area (Å²) in [7, 11) is 0. The Morgan fingerprint density at radius 1 is 1.27 bits per heavy atom. The molecule has 0 fully saturated rings.